The first-order valence-corrected chi connectivity index (χ1v) is 7.59. The van der Waals surface area contributed by atoms with Gasteiger partial charge in [-0.25, -0.2) is 4.98 Å². The van der Waals surface area contributed by atoms with E-state index in [1.165, 1.54) is 12.4 Å². The van der Waals surface area contributed by atoms with Crippen LogP contribution in [-0.4, -0.2) is 15.3 Å². The van der Waals surface area contributed by atoms with E-state index in [1.807, 2.05) is 18.2 Å². The molecule has 1 aromatic heterocycles. The SMILES string of the molecule is Cl.O=C(c1ccc(Cl)cc1Cl)C(Oc1ccccc1)n1ccnc1. The van der Waals surface area contributed by atoms with Crippen molar-refractivity contribution < 1.29 is 9.53 Å². The van der Waals surface area contributed by atoms with Crippen molar-refractivity contribution in [3.05, 3.63) is 82.9 Å². The molecule has 0 amide bonds. The van der Waals surface area contributed by atoms with Gasteiger partial charge in [-0.2, -0.15) is 0 Å². The van der Waals surface area contributed by atoms with E-state index in [-0.39, 0.29) is 23.2 Å². The van der Waals surface area contributed by atoms with Crippen molar-refractivity contribution in [2.45, 2.75) is 6.23 Å². The number of ketones is 1. The van der Waals surface area contributed by atoms with Gasteiger partial charge in [-0.3, -0.25) is 9.36 Å². The number of aromatic nitrogens is 2. The fourth-order valence-corrected chi connectivity index (χ4v) is 2.61. The Morgan fingerprint density at radius 1 is 1.12 bits per heavy atom. The molecule has 1 unspecified atom stereocenters. The van der Waals surface area contributed by atoms with Crippen LogP contribution in [0, 0.1) is 0 Å². The highest BCUT2D eigenvalue weighted by molar-refractivity contribution is 6.36. The highest BCUT2D eigenvalue weighted by atomic mass is 35.5. The molecule has 0 fully saturated rings. The van der Waals surface area contributed by atoms with Gasteiger partial charge in [0.15, 0.2) is 0 Å². The summed E-state index contributed by atoms with van der Waals surface area (Å²) in [6, 6.07) is 13.8. The number of hydrogen-bond donors (Lipinski definition) is 0. The Balaban J connectivity index is 0.00000208. The Morgan fingerprint density at radius 3 is 2.50 bits per heavy atom. The van der Waals surface area contributed by atoms with Gasteiger partial charge in [-0.1, -0.05) is 41.4 Å². The van der Waals surface area contributed by atoms with E-state index < -0.39 is 6.23 Å². The van der Waals surface area contributed by atoms with Crippen LogP contribution in [0.25, 0.3) is 0 Å². The topological polar surface area (TPSA) is 44.1 Å². The number of carbonyl (C=O) groups is 1. The summed E-state index contributed by atoms with van der Waals surface area (Å²) in [4.78, 5) is 16.9. The second kappa shape index (κ2) is 8.20. The normalized spacial score (nSPS) is 11.4. The van der Waals surface area contributed by atoms with E-state index in [9.17, 15) is 4.79 Å². The van der Waals surface area contributed by atoms with E-state index in [1.54, 1.807) is 41.2 Å². The smallest absolute Gasteiger partial charge is 0.241 e. The Hall–Kier alpha value is -2.01. The van der Waals surface area contributed by atoms with Gasteiger partial charge in [-0.05, 0) is 30.3 Å². The van der Waals surface area contributed by atoms with Crippen LogP contribution in [0.3, 0.4) is 0 Å². The molecule has 0 aliphatic heterocycles. The lowest BCUT2D eigenvalue weighted by Crippen LogP contribution is -2.24. The van der Waals surface area contributed by atoms with Crippen LogP contribution in [-0.2, 0) is 0 Å². The molecule has 7 heteroatoms. The van der Waals surface area contributed by atoms with Crippen LogP contribution >= 0.6 is 35.6 Å². The summed E-state index contributed by atoms with van der Waals surface area (Å²) in [7, 11) is 0. The summed E-state index contributed by atoms with van der Waals surface area (Å²) < 4.78 is 7.43. The number of hydrogen-bond acceptors (Lipinski definition) is 3. The molecule has 0 N–H and O–H groups in total. The van der Waals surface area contributed by atoms with Crippen molar-refractivity contribution in [1.29, 1.82) is 0 Å². The molecule has 3 rings (SSSR count). The van der Waals surface area contributed by atoms with Crippen molar-refractivity contribution in [3.63, 3.8) is 0 Å². The quantitative estimate of drug-likeness (QED) is 0.578. The number of ether oxygens (including phenoxy) is 1. The van der Waals surface area contributed by atoms with Gasteiger partial charge >= 0.3 is 0 Å². The first kappa shape index (κ1) is 18.3. The first-order chi connectivity index (χ1) is 11.1. The number of nitrogens with zero attached hydrogens (tertiary/aromatic N) is 2. The van der Waals surface area contributed by atoms with Gasteiger partial charge in [0.05, 0.1) is 11.3 Å². The van der Waals surface area contributed by atoms with Gasteiger partial charge in [0.25, 0.3) is 0 Å². The molecule has 24 heavy (non-hydrogen) atoms. The maximum Gasteiger partial charge on any atom is 0.241 e. The lowest BCUT2D eigenvalue weighted by Gasteiger charge is -2.19. The average molecular weight is 384 g/mol. The summed E-state index contributed by atoms with van der Waals surface area (Å²) in [5.74, 6) is 0.290. The molecule has 0 saturated heterocycles. The summed E-state index contributed by atoms with van der Waals surface area (Å²) in [5, 5.41) is 0.749. The maximum absolute atomic E-state index is 12.9. The number of imidazole rings is 1. The van der Waals surface area contributed by atoms with E-state index in [4.69, 9.17) is 27.9 Å². The summed E-state index contributed by atoms with van der Waals surface area (Å²) in [6.07, 6.45) is 3.86. The average Bonchev–Trinajstić information content (AvgIpc) is 3.07. The third-order valence-corrected chi connectivity index (χ3v) is 3.76. The molecular weight excluding hydrogens is 371 g/mol. The van der Waals surface area contributed by atoms with Gasteiger partial charge in [-0.15, -0.1) is 12.4 Å². The fourth-order valence-electron chi connectivity index (χ4n) is 2.11. The molecule has 4 nitrogen and oxygen atoms in total. The van der Waals surface area contributed by atoms with Crippen molar-refractivity contribution in [2.75, 3.05) is 0 Å². The van der Waals surface area contributed by atoms with Gasteiger partial charge in [0.1, 0.15) is 5.75 Å². The second-order valence-corrected chi connectivity index (χ2v) is 5.63. The number of Topliss-reactive ketones (excluding diaryl/α,β-unsaturated/α-hetero) is 1. The van der Waals surface area contributed by atoms with E-state index in [0.717, 1.165) is 0 Å². The molecule has 1 atom stereocenters. The Morgan fingerprint density at radius 2 is 1.88 bits per heavy atom. The van der Waals surface area contributed by atoms with Gasteiger partial charge < -0.3 is 4.74 Å². The highest BCUT2D eigenvalue weighted by Gasteiger charge is 2.25. The Labute approximate surface area is 155 Å². The van der Waals surface area contributed by atoms with E-state index in [0.29, 0.717) is 16.3 Å². The van der Waals surface area contributed by atoms with E-state index in [2.05, 4.69) is 4.98 Å². The van der Waals surface area contributed by atoms with Crippen molar-refractivity contribution in [2.24, 2.45) is 0 Å². The van der Waals surface area contributed by atoms with Crippen molar-refractivity contribution in [1.82, 2.24) is 9.55 Å². The molecule has 0 aliphatic rings. The molecule has 3 aromatic rings. The van der Waals surface area contributed by atoms with Crippen molar-refractivity contribution >= 4 is 41.4 Å². The minimum absolute atomic E-state index is 0. The monoisotopic (exact) mass is 382 g/mol. The molecule has 0 bridgehead atoms. The van der Waals surface area contributed by atoms with Gasteiger partial charge in [0.2, 0.25) is 12.0 Å². The molecule has 2 aromatic carbocycles. The van der Waals surface area contributed by atoms with Crippen molar-refractivity contribution in [3.8, 4) is 5.75 Å². The fraction of sp³-hybridized carbons (Fsp3) is 0.0588. The summed E-state index contributed by atoms with van der Waals surface area (Å²) in [6.45, 7) is 0. The standard InChI is InChI=1S/C17H12Cl2N2O2.ClH/c18-12-6-7-14(15(19)10-12)16(22)17(21-9-8-20-11-21)23-13-4-2-1-3-5-13;/h1-11,17H;1H. The van der Waals surface area contributed by atoms with Crippen LogP contribution in [0.4, 0.5) is 0 Å². The zero-order chi connectivity index (χ0) is 16.2. The number of benzene rings is 2. The predicted molar refractivity (Wildman–Crippen MR) is 96.4 cm³/mol. The van der Waals surface area contributed by atoms with Gasteiger partial charge in [0, 0.05) is 23.0 Å². The lowest BCUT2D eigenvalue weighted by molar-refractivity contribution is 0.0653. The molecule has 124 valence electrons. The highest BCUT2D eigenvalue weighted by Crippen LogP contribution is 2.26. The minimum atomic E-state index is -0.904. The molecule has 0 spiro atoms. The third-order valence-electron chi connectivity index (χ3n) is 3.21. The number of carbonyl (C=O) groups excluding carboxylic acids is 1. The molecular formula is C17H13Cl3N2O2. The van der Waals surface area contributed by atoms with Crippen LogP contribution in [0.5, 0.6) is 5.75 Å². The zero-order valence-electron chi connectivity index (χ0n) is 12.3. The van der Waals surface area contributed by atoms with Crippen LogP contribution in [0.1, 0.15) is 16.6 Å². The van der Waals surface area contributed by atoms with Crippen LogP contribution in [0.15, 0.2) is 67.3 Å². The number of halogens is 3. The number of rotatable bonds is 5. The van der Waals surface area contributed by atoms with Crippen LogP contribution in [0.2, 0.25) is 10.0 Å². The van der Waals surface area contributed by atoms with E-state index >= 15 is 0 Å². The summed E-state index contributed by atoms with van der Waals surface area (Å²) >= 11 is 12.0. The molecule has 0 radical (unpaired) electrons. The molecule has 0 aliphatic carbocycles. The number of para-hydroxylation sites is 1. The minimum Gasteiger partial charge on any atom is -0.462 e. The Bertz CT molecular complexity index is 808. The lowest BCUT2D eigenvalue weighted by atomic mass is 10.1. The predicted octanol–water partition coefficient (Wildman–Crippen LogP) is 5.07. The maximum atomic E-state index is 12.9. The second-order valence-electron chi connectivity index (χ2n) is 4.78. The van der Waals surface area contributed by atoms with Crippen LogP contribution < -0.4 is 4.74 Å². The molecule has 1 heterocycles. The largest absolute Gasteiger partial charge is 0.462 e. The zero-order valence-corrected chi connectivity index (χ0v) is 14.6. The third kappa shape index (κ3) is 4.09. The summed E-state index contributed by atoms with van der Waals surface area (Å²) in [5.41, 5.74) is 0.339. The Kier molecular flexibility index (Phi) is 6.26. The first-order valence-electron chi connectivity index (χ1n) is 6.83. The molecule has 0 saturated carbocycles.